The highest BCUT2D eigenvalue weighted by atomic mass is 16.4. The number of nitrogens with zero attached hydrogens (tertiary/aromatic N) is 1. The molecule has 0 aliphatic carbocycles. The number of benzene rings is 1. The monoisotopic (exact) mass is 299 g/mol. The first-order valence-corrected chi connectivity index (χ1v) is 7.33. The number of carbonyl (C=O) groups is 2. The fourth-order valence-corrected chi connectivity index (χ4v) is 2.23. The molecule has 4 nitrogen and oxygen atoms in total. The predicted octanol–water partition coefficient (Wildman–Crippen LogP) is 3.88. The van der Waals surface area contributed by atoms with Gasteiger partial charge >= 0.3 is 0 Å². The van der Waals surface area contributed by atoms with Crippen molar-refractivity contribution in [3.05, 3.63) is 59.0 Å². The van der Waals surface area contributed by atoms with E-state index in [-0.39, 0.29) is 23.2 Å². The van der Waals surface area contributed by atoms with Gasteiger partial charge in [-0.1, -0.05) is 38.1 Å². The second-order valence-corrected chi connectivity index (χ2v) is 5.78. The van der Waals surface area contributed by atoms with Crippen LogP contribution in [0.4, 0.5) is 0 Å². The Hall–Kier alpha value is -2.36. The number of carbonyl (C=O) groups excluding carboxylic acids is 2. The van der Waals surface area contributed by atoms with Crippen molar-refractivity contribution < 1.29 is 14.0 Å². The Bertz CT molecular complexity index is 685. The first-order chi connectivity index (χ1) is 10.4. The van der Waals surface area contributed by atoms with E-state index in [0.717, 1.165) is 5.56 Å². The summed E-state index contributed by atoms with van der Waals surface area (Å²) in [6, 6.07) is 11.3. The van der Waals surface area contributed by atoms with Gasteiger partial charge in [-0.25, -0.2) is 0 Å². The molecule has 1 aromatic heterocycles. The lowest BCUT2D eigenvalue weighted by molar-refractivity contribution is 0.0750. The summed E-state index contributed by atoms with van der Waals surface area (Å²) in [5, 5.41) is 0. The minimum atomic E-state index is -0.234. The number of Topliss-reactive ketones (excluding diaryl/α,β-unsaturated/α-hetero) is 1. The summed E-state index contributed by atoms with van der Waals surface area (Å²) in [4.78, 5) is 25.1. The van der Waals surface area contributed by atoms with Crippen molar-refractivity contribution in [3.63, 3.8) is 0 Å². The van der Waals surface area contributed by atoms with Gasteiger partial charge in [0.05, 0.1) is 0 Å². The number of rotatable bonds is 5. The summed E-state index contributed by atoms with van der Waals surface area (Å²) < 4.78 is 5.29. The summed E-state index contributed by atoms with van der Waals surface area (Å²) in [7, 11) is 1.72. The Morgan fingerprint density at radius 3 is 2.41 bits per heavy atom. The van der Waals surface area contributed by atoms with E-state index < -0.39 is 0 Å². The molecule has 1 aromatic carbocycles. The number of ketones is 1. The molecule has 4 heteroatoms. The minimum Gasteiger partial charge on any atom is -0.448 e. The summed E-state index contributed by atoms with van der Waals surface area (Å²) in [5.74, 6) is 0.421. The van der Waals surface area contributed by atoms with Gasteiger partial charge in [-0.15, -0.1) is 0 Å². The molecule has 22 heavy (non-hydrogen) atoms. The second-order valence-electron chi connectivity index (χ2n) is 5.78. The molecule has 0 radical (unpaired) electrons. The van der Waals surface area contributed by atoms with Gasteiger partial charge in [0.2, 0.25) is 0 Å². The third kappa shape index (κ3) is 3.64. The molecule has 2 aromatic rings. The van der Waals surface area contributed by atoms with E-state index >= 15 is 0 Å². The first kappa shape index (κ1) is 16.0. The van der Waals surface area contributed by atoms with E-state index in [2.05, 4.69) is 26.0 Å². The molecule has 2 rings (SSSR count). The summed E-state index contributed by atoms with van der Waals surface area (Å²) in [6.45, 7) is 6.18. The Morgan fingerprint density at radius 1 is 1.14 bits per heavy atom. The predicted molar refractivity (Wildman–Crippen MR) is 85.0 cm³/mol. The van der Waals surface area contributed by atoms with Gasteiger partial charge in [0.25, 0.3) is 5.91 Å². The maximum Gasteiger partial charge on any atom is 0.289 e. The van der Waals surface area contributed by atoms with Crippen molar-refractivity contribution in [1.82, 2.24) is 4.90 Å². The third-order valence-corrected chi connectivity index (χ3v) is 3.55. The highest BCUT2D eigenvalue weighted by Gasteiger charge is 2.17. The van der Waals surface area contributed by atoms with Crippen LogP contribution in [0.1, 0.15) is 58.9 Å². The average molecular weight is 299 g/mol. The van der Waals surface area contributed by atoms with E-state index in [1.165, 1.54) is 18.6 Å². The SMILES string of the molecule is CC(=O)c1ccc(C(=O)N(C)Cc2cccc(C(C)C)c2)o1. The van der Waals surface area contributed by atoms with Crippen LogP contribution in [-0.4, -0.2) is 23.6 Å². The molecule has 0 saturated carbocycles. The Labute approximate surface area is 130 Å². The number of furan rings is 1. The van der Waals surface area contributed by atoms with Crippen LogP contribution < -0.4 is 0 Å². The molecular weight excluding hydrogens is 278 g/mol. The molecule has 0 spiro atoms. The van der Waals surface area contributed by atoms with Crippen molar-refractivity contribution in [1.29, 1.82) is 0 Å². The lowest BCUT2D eigenvalue weighted by atomic mass is 10.0. The van der Waals surface area contributed by atoms with Gasteiger partial charge in [-0.05, 0) is 29.2 Å². The zero-order valence-electron chi connectivity index (χ0n) is 13.4. The molecular formula is C18H21NO3. The van der Waals surface area contributed by atoms with Crippen LogP contribution >= 0.6 is 0 Å². The fraction of sp³-hybridized carbons (Fsp3) is 0.333. The van der Waals surface area contributed by atoms with E-state index in [1.807, 2.05) is 12.1 Å². The summed E-state index contributed by atoms with van der Waals surface area (Å²) in [5.41, 5.74) is 2.32. The number of hydrogen-bond acceptors (Lipinski definition) is 3. The van der Waals surface area contributed by atoms with Crippen LogP contribution in [-0.2, 0) is 6.54 Å². The molecule has 1 heterocycles. The quantitative estimate of drug-likeness (QED) is 0.787. The zero-order valence-corrected chi connectivity index (χ0v) is 13.4. The van der Waals surface area contributed by atoms with E-state index in [0.29, 0.717) is 12.5 Å². The minimum absolute atomic E-state index is 0.188. The number of amides is 1. The van der Waals surface area contributed by atoms with Crippen LogP contribution in [0, 0.1) is 0 Å². The van der Waals surface area contributed by atoms with Crippen molar-refractivity contribution in [2.45, 2.75) is 33.2 Å². The van der Waals surface area contributed by atoms with Crippen molar-refractivity contribution >= 4 is 11.7 Å². The van der Waals surface area contributed by atoms with Gasteiger partial charge in [-0.2, -0.15) is 0 Å². The van der Waals surface area contributed by atoms with E-state index in [1.54, 1.807) is 18.0 Å². The topological polar surface area (TPSA) is 50.5 Å². The molecule has 116 valence electrons. The normalized spacial score (nSPS) is 10.8. The van der Waals surface area contributed by atoms with Crippen LogP contribution in [0.15, 0.2) is 40.8 Å². The highest BCUT2D eigenvalue weighted by Crippen LogP contribution is 2.17. The van der Waals surface area contributed by atoms with Gasteiger partial charge in [-0.3, -0.25) is 9.59 Å². The van der Waals surface area contributed by atoms with Gasteiger partial charge in [0.1, 0.15) is 0 Å². The molecule has 0 fully saturated rings. The first-order valence-electron chi connectivity index (χ1n) is 7.33. The number of hydrogen-bond donors (Lipinski definition) is 0. The van der Waals surface area contributed by atoms with Gasteiger partial charge in [0, 0.05) is 20.5 Å². The maximum absolute atomic E-state index is 12.3. The lowest BCUT2D eigenvalue weighted by Gasteiger charge is -2.17. The molecule has 0 N–H and O–H groups in total. The maximum atomic E-state index is 12.3. The molecule has 0 bridgehead atoms. The zero-order chi connectivity index (χ0) is 16.3. The summed E-state index contributed by atoms with van der Waals surface area (Å²) in [6.07, 6.45) is 0. The molecule has 0 aliphatic heterocycles. The average Bonchev–Trinajstić information content (AvgIpc) is 2.96. The van der Waals surface area contributed by atoms with E-state index in [9.17, 15) is 9.59 Å². The Balaban J connectivity index is 2.10. The van der Waals surface area contributed by atoms with Crippen molar-refractivity contribution in [2.75, 3.05) is 7.05 Å². The third-order valence-electron chi connectivity index (χ3n) is 3.55. The highest BCUT2D eigenvalue weighted by molar-refractivity contribution is 5.95. The molecule has 0 saturated heterocycles. The molecule has 1 amide bonds. The van der Waals surface area contributed by atoms with Crippen molar-refractivity contribution in [2.24, 2.45) is 0 Å². The van der Waals surface area contributed by atoms with Crippen LogP contribution in [0.25, 0.3) is 0 Å². The Morgan fingerprint density at radius 2 is 1.82 bits per heavy atom. The lowest BCUT2D eigenvalue weighted by Crippen LogP contribution is -2.25. The van der Waals surface area contributed by atoms with Crippen LogP contribution in [0.3, 0.4) is 0 Å². The van der Waals surface area contributed by atoms with Crippen LogP contribution in [0.2, 0.25) is 0 Å². The van der Waals surface area contributed by atoms with Crippen molar-refractivity contribution in [3.8, 4) is 0 Å². The smallest absolute Gasteiger partial charge is 0.289 e. The van der Waals surface area contributed by atoms with E-state index in [4.69, 9.17) is 4.42 Å². The second kappa shape index (κ2) is 6.60. The molecule has 0 unspecified atom stereocenters. The standard InChI is InChI=1S/C18H21NO3/c1-12(2)15-7-5-6-14(10-15)11-19(4)18(21)17-9-8-16(22-17)13(3)20/h5-10,12H,11H2,1-4H3. The van der Waals surface area contributed by atoms with Gasteiger partial charge in [0.15, 0.2) is 17.3 Å². The largest absolute Gasteiger partial charge is 0.448 e. The van der Waals surface area contributed by atoms with Crippen LogP contribution in [0.5, 0.6) is 0 Å². The molecule has 0 aliphatic rings. The molecule has 0 atom stereocenters. The Kier molecular flexibility index (Phi) is 4.81. The fourth-order valence-electron chi connectivity index (χ4n) is 2.23. The summed E-state index contributed by atoms with van der Waals surface area (Å²) >= 11 is 0. The van der Waals surface area contributed by atoms with Gasteiger partial charge < -0.3 is 9.32 Å².